The second-order valence-electron chi connectivity index (χ2n) is 7.95. The molecule has 2 N–H and O–H groups in total. The Morgan fingerprint density at radius 2 is 1.93 bits per heavy atom. The topological polar surface area (TPSA) is 98.4 Å². The highest BCUT2D eigenvalue weighted by atomic mass is 35.5. The molecule has 1 aromatic heterocycles. The molecule has 2 fully saturated rings. The fraction of sp³-hybridized carbons (Fsp3) is 0.455. The molecule has 2 amide bonds. The monoisotopic (exact) mass is 428 g/mol. The smallest absolute Gasteiger partial charge is 0.252 e. The van der Waals surface area contributed by atoms with Crippen molar-refractivity contribution in [3.05, 3.63) is 58.1 Å². The molecule has 7 nitrogen and oxygen atoms in total. The molecule has 30 heavy (non-hydrogen) atoms. The largest absolute Gasteiger partial charge is 0.381 e. The number of hydrogen-bond donors (Lipinski definition) is 1. The number of aryl methyl sites for hydroxylation is 1. The van der Waals surface area contributed by atoms with Crippen LogP contribution in [-0.2, 0) is 14.9 Å². The van der Waals surface area contributed by atoms with E-state index >= 15 is 0 Å². The van der Waals surface area contributed by atoms with E-state index in [0.29, 0.717) is 54.7 Å². The predicted octanol–water partition coefficient (Wildman–Crippen LogP) is 2.95. The molecule has 4 rings (SSSR count). The van der Waals surface area contributed by atoms with Crippen LogP contribution in [0.5, 0.6) is 0 Å². The number of carbonyl (C=O) groups is 2. The minimum absolute atomic E-state index is 0.0795. The maximum atomic E-state index is 14.0. The van der Waals surface area contributed by atoms with Crippen molar-refractivity contribution in [2.45, 2.75) is 44.1 Å². The number of nitrogens with zero attached hydrogens (tertiary/aromatic N) is 3. The zero-order valence-electron chi connectivity index (χ0n) is 16.9. The van der Waals surface area contributed by atoms with Crippen LogP contribution in [0, 0.1) is 6.92 Å². The number of likely N-dealkylation sites (tertiary alicyclic amines) is 1. The van der Waals surface area contributed by atoms with E-state index < -0.39 is 11.3 Å². The number of benzene rings is 1. The zero-order chi connectivity index (χ0) is 21.3. The Kier molecular flexibility index (Phi) is 5.75. The number of amides is 2. The number of rotatable bonds is 4. The van der Waals surface area contributed by atoms with Gasteiger partial charge in [-0.05, 0) is 50.3 Å². The van der Waals surface area contributed by atoms with Crippen molar-refractivity contribution >= 4 is 23.4 Å². The maximum absolute atomic E-state index is 14.0. The van der Waals surface area contributed by atoms with Crippen molar-refractivity contribution in [3.8, 4) is 0 Å². The first kappa shape index (κ1) is 20.8. The van der Waals surface area contributed by atoms with Gasteiger partial charge in [-0.15, -0.1) is 0 Å². The second kappa shape index (κ2) is 8.32. The van der Waals surface area contributed by atoms with E-state index in [1.807, 2.05) is 29.2 Å². The first-order valence-corrected chi connectivity index (χ1v) is 10.6. The van der Waals surface area contributed by atoms with Gasteiger partial charge in [0.1, 0.15) is 0 Å². The Balaban J connectivity index is 1.68. The van der Waals surface area contributed by atoms with Gasteiger partial charge >= 0.3 is 0 Å². The Morgan fingerprint density at radius 1 is 1.23 bits per heavy atom. The third kappa shape index (κ3) is 3.68. The molecule has 2 aromatic rings. The van der Waals surface area contributed by atoms with Crippen molar-refractivity contribution < 1.29 is 14.3 Å². The quantitative estimate of drug-likeness (QED) is 0.807. The van der Waals surface area contributed by atoms with Gasteiger partial charge < -0.3 is 15.4 Å². The molecule has 0 unspecified atom stereocenters. The summed E-state index contributed by atoms with van der Waals surface area (Å²) in [6.45, 7) is 3.46. The van der Waals surface area contributed by atoms with Crippen molar-refractivity contribution in [2.75, 3.05) is 19.8 Å². The van der Waals surface area contributed by atoms with Gasteiger partial charge in [-0.1, -0.05) is 23.7 Å². The normalized spacial score (nSPS) is 20.9. The summed E-state index contributed by atoms with van der Waals surface area (Å²) in [7, 11) is 0. The highest BCUT2D eigenvalue weighted by Crippen LogP contribution is 2.41. The molecule has 2 aliphatic heterocycles. The molecular formula is C22H25ClN4O3. The van der Waals surface area contributed by atoms with E-state index in [0.717, 1.165) is 18.4 Å². The summed E-state index contributed by atoms with van der Waals surface area (Å²) < 4.78 is 5.58. The number of nitrogens with two attached hydrogens (primary N) is 1. The molecule has 0 bridgehead atoms. The first-order valence-electron chi connectivity index (χ1n) is 10.2. The number of carbonyl (C=O) groups excluding carboxylic acids is 2. The summed E-state index contributed by atoms with van der Waals surface area (Å²) in [6.07, 6.45) is 4.37. The lowest BCUT2D eigenvalue weighted by Gasteiger charge is -2.40. The highest BCUT2D eigenvalue weighted by molar-refractivity contribution is 6.30. The summed E-state index contributed by atoms with van der Waals surface area (Å²) in [5.41, 5.74) is 6.53. The number of hydrogen-bond acceptors (Lipinski definition) is 5. The lowest BCUT2D eigenvalue weighted by atomic mass is 9.73. The fourth-order valence-electron chi connectivity index (χ4n) is 4.56. The molecule has 2 saturated heterocycles. The van der Waals surface area contributed by atoms with E-state index in [4.69, 9.17) is 22.1 Å². The summed E-state index contributed by atoms with van der Waals surface area (Å²) in [5.74, 6) is 0.0832. The standard InChI is InChI=1S/C22H25ClN4O3/c1-14-17(19(24)28)13-25-20(26-14)18-3-2-10-27(18)21(29)22(8-11-30-12-9-22)15-4-6-16(23)7-5-15/h4-7,13,18H,2-3,8-12H2,1H3,(H2,24,28)/t18-/m0/s1. The third-order valence-corrected chi connectivity index (χ3v) is 6.48. The van der Waals surface area contributed by atoms with E-state index in [1.54, 1.807) is 6.92 Å². The SMILES string of the molecule is Cc1nc([C@@H]2CCCN2C(=O)C2(c3ccc(Cl)cc3)CCOCC2)ncc1C(N)=O. The zero-order valence-corrected chi connectivity index (χ0v) is 17.7. The van der Waals surface area contributed by atoms with Gasteiger partial charge in [0.05, 0.1) is 22.7 Å². The van der Waals surface area contributed by atoms with Gasteiger partial charge in [0.25, 0.3) is 5.91 Å². The molecule has 2 aliphatic rings. The molecule has 1 aromatic carbocycles. The molecule has 0 radical (unpaired) electrons. The fourth-order valence-corrected chi connectivity index (χ4v) is 4.68. The van der Waals surface area contributed by atoms with Gasteiger partial charge in [-0.3, -0.25) is 9.59 Å². The van der Waals surface area contributed by atoms with E-state index in [-0.39, 0.29) is 11.9 Å². The molecule has 158 valence electrons. The van der Waals surface area contributed by atoms with Gasteiger partial charge in [0, 0.05) is 31.0 Å². The molecular weight excluding hydrogens is 404 g/mol. The maximum Gasteiger partial charge on any atom is 0.252 e. The van der Waals surface area contributed by atoms with Gasteiger partial charge in [-0.2, -0.15) is 0 Å². The van der Waals surface area contributed by atoms with Crippen LogP contribution in [0.3, 0.4) is 0 Å². The lowest BCUT2D eigenvalue weighted by molar-refractivity contribution is -0.142. The summed E-state index contributed by atoms with van der Waals surface area (Å²) in [6, 6.07) is 7.33. The van der Waals surface area contributed by atoms with Crippen LogP contribution in [-0.4, -0.2) is 46.4 Å². The van der Waals surface area contributed by atoms with Crippen molar-refractivity contribution in [1.29, 1.82) is 0 Å². The van der Waals surface area contributed by atoms with Gasteiger partial charge in [0.15, 0.2) is 5.82 Å². The Hall–Kier alpha value is -2.51. The molecule has 1 atom stereocenters. The van der Waals surface area contributed by atoms with Crippen molar-refractivity contribution in [2.24, 2.45) is 5.73 Å². The molecule has 0 spiro atoms. The number of ether oxygens (including phenoxy) is 1. The molecule has 0 aliphatic carbocycles. The molecule has 0 saturated carbocycles. The Morgan fingerprint density at radius 3 is 2.57 bits per heavy atom. The van der Waals surface area contributed by atoms with Crippen LogP contribution in [0.1, 0.15) is 59.2 Å². The number of halogens is 1. The number of primary amides is 1. The van der Waals surface area contributed by atoms with Crippen LogP contribution < -0.4 is 5.73 Å². The number of aromatic nitrogens is 2. The van der Waals surface area contributed by atoms with Crippen LogP contribution in [0.2, 0.25) is 5.02 Å². The first-order chi connectivity index (χ1) is 14.4. The van der Waals surface area contributed by atoms with E-state index in [9.17, 15) is 9.59 Å². The van der Waals surface area contributed by atoms with Gasteiger partial charge in [-0.25, -0.2) is 9.97 Å². The summed E-state index contributed by atoms with van der Waals surface area (Å²) in [4.78, 5) is 36.3. The Bertz CT molecular complexity index is 957. The molecule has 8 heteroatoms. The van der Waals surface area contributed by atoms with E-state index in [1.165, 1.54) is 6.20 Å². The minimum atomic E-state index is -0.645. The van der Waals surface area contributed by atoms with Crippen LogP contribution in [0.25, 0.3) is 0 Å². The Labute approximate surface area is 180 Å². The van der Waals surface area contributed by atoms with Crippen LogP contribution >= 0.6 is 11.6 Å². The second-order valence-corrected chi connectivity index (χ2v) is 8.39. The summed E-state index contributed by atoms with van der Waals surface area (Å²) in [5, 5.41) is 0.644. The van der Waals surface area contributed by atoms with E-state index in [2.05, 4.69) is 9.97 Å². The van der Waals surface area contributed by atoms with Gasteiger partial charge in [0.2, 0.25) is 5.91 Å². The highest BCUT2D eigenvalue weighted by Gasteiger charge is 2.47. The average molecular weight is 429 g/mol. The van der Waals surface area contributed by atoms with Crippen LogP contribution in [0.15, 0.2) is 30.5 Å². The lowest BCUT2D eigenvalue weighted by Crippen LogP contribution is -2.49. The predicted molar refractivity (Wildman–Crippen MR) is 112 cm³/mol. The third-order valence-electron chi connectivity index (χ3n) is 6.23. The molecule has 3 heterocycles. The van der Waals surface area contributed by atoms with Crippen LogP contribution in [0.4, 0.5) is 0 Å². The van der Waals surface area contributed by atoms with Crippen molar-refractivity contribution in [3.63, 3.8) is 0 Å². The average Bonchev–Trinajstić information content (AvgIpc) is 3.23. The minimum Gasteiger partial charge on any atom is -0.381 e. The van der Waals surface area contributed by atoms with Crippen molar-refractivity contribution in [1.82, 2.24) is 14.9 Å². The summed E-state index contributed by atoms with van der Waals surface area (Å²) >= 11 is 6.09.